The van der Waals surface area contributed by atoms with E-state index >= 15 is 0 Å². The van der Waals surface area contributed by atoms with Crippen molar-refractivity contribution in [1.82, 2.24) is 24.8 Å². The van der Waals surface area contributed by atoms with Gasteiger partial charge in [-0.3, -0.25) is 0 Å². The lowest BCUT2D eigenvalue weighted by Crippen LogP contribution is -1.93. The molecule has 0 saturated carbocycles. The molecule has 0 radical (unpaired) electrons. The maximum atomic E-state index is 6.32. The van der Waals surface area contributed by atoms with Crippen LogP contribution in [-0.4, -0.2) is 24.8 Å². The van der Waals surface area contributed by atoms with Gasteiger partial charge in [0.2, 0.25) is 10.8 Å². The summed E-state index contributed by atoms with van der Waals surface area (Å²) in [6.45, 7) is 0. The monoisotopic (exact) mass is 427 g/mol. The fraction of sp³-hybridized carbons (Fsp3) is 0. The van der Waals surface area contributed by atoms with E-state index in [1.165, 1.54) is 11.3 Å². The van der Waals surface area contributed by atoms with E-state index in [0.717, 1.165) is 43.3 Å². The van der Waals surface area contributed by atoms with E-state index < -0.39 is 0 Å². The molecule has 0 fully saturated rings. The van der Waals surface area contributed by atoms with Crippen molar-refractivity contribution in [3.05, 3.63) is 83.9 Å². The molecule has 6 aromatic rings. The fourth-order valence-electron chi connectivity index (χ4n) is 3.71. The molecule has 0 aliphatic carbocycles. The Kier molecular flexibility index (Phi) is 3.94. The predicted molar refractivity (Wildman–Crippen MR) is 122 cm³/mol. The van der Waals surface area contributed by atoms with Gasteiger partial charge in [-0.2, -0.15) is 9.61 Å². The van der Waals surface area contributed by atoms with Crippen molar-refractivity contribution < 1.29 is 0 Å². The molecule has 7 heteroatoms. The van der Waals surface area contributed by atoms with E-state index in [1.54, 1.807) is 0 Å². The molecule has 0 spiro atoms. The second-order valence-corrected chi connectivity index (χ2v) is 8.31. The van der Waals surface area contributed by atoms with Gasteiger partial charge in [-0.05, 0) is 23.8 Å². The number of benzene rings is 3. The summed E-state index contributed by atoms with van der Waals surface area (Å²) in [6.07, 6.45) is 0. The second kappa shape index (κ2) is 6.79. The van der Waals surface area contributed by atoms with Crippen LogP contribution in [0.4, 0.5) is 0 Å². The first kappa shape index (κ1) is 17.4. The average Bonchev–Trinajstić information content (AvgIpc) is 3.47. The van der Waals surface area contributed by atoms with E-state index in [0.29, 0.717) is 10.8 Å². The molecule has 3 heterocycles. The summed E-state index contributed by atoms with van der Waals surface area (Å²) >= 11 is 7.84. The summed E-state index contributed by atoms with van der Waals surface area (Å²) in [5, 5.41) is 16.3. The number of aromatic amines is 1. The van der Waals surface area contributed by atoms with Crippen LogP contribution in [0.15, 0.2) is 78.9 Å². The Labute approximate surface area is 180 Å². The fourth-order valence-corrected chi connectivity index (χ4v) is 4.72. The summed E-state index contributed by atoms with van der Waals surface area (Å²) < 4.78 is 1.81. The molecule has 6 rings (SSSR count). The van der Waals surface area contributed by atoms with E-state index in [2.05, 4.69) is 27.3 Å². The number of aromatic nitrogens is 5. The van der Waals surface area contributed by atoms with Crippen molar-refractivity contribution in [2.75, 3.05) is 0 Å². The Morgan fingerprint density at radius 1 is 0.833 bits per heavy atom. The SMILES string of the molecule is Clc1ccc2[nH]c(-c3nnc4sc(-c5ccccc5)nn34)c(-c3ccccc3)c2c1. The summed E-state index contributed by atoms with van der Waals surface area (Å²) in [4.78, 5) is 4.27. The molecule has 0 atom stereocenters. The Morgan fingerprint density at radius 2 is 1.57 bits per heavy atom. The highest BCUT2D eigenvalue weighted by atomic mass is 35.5. The third-order valence-electron chi connectivity index (χ3n) is 5.06. The molecule has 0 unspecified atom stereocenters. The third-order valence-corrected chi connectivity index (χ3v) is 6.24. The van der Waals surface area contributed by atoms with Crippen LogP contribution in [0.25, 0.3) is 49.1 Å². The third kappa shape index (κ3) is 2.73. The van der Waals surface area contributed by atoms with Gasteiger partial charge in [0.1, 0.15) is 5.01 Å². The molecule has 0 bridgehead atoms. The topological polar surface area (TPSA) is 58.9 Å². The first-order valence-corrected chi connectivity index (χ1v) is 10.6. The van der Waals surface area contributed by atoms with Crippen LogP contribution >= 0.6 is 22.9 Å². The van der Waals surface area contributed by atoms with Gasteiger partial charge in [0.15, 0.2) is 0 Å². The molecule has 3 aromatic carbocycles. The van der Waals surface area contributed by atoms with Crippen molar-refractivity contribution in [2.24, 2.45) is 0 Å². The molecule has 0 aliphatic rings. The predicted octanol–water partition coefficient (Wildman–Crippen LogP) is 6.32. The summed E-state index contributed by atoms with van der Waals surface area (Å²) in [7, 11) is 0. The summed E-state index contributed by atoms with van der Waals surface area (Å²) in [6, 6.07) is 26.2. The minimum atomic E-state index is 0.676. The van der Waals surface area contributed by atoms with E-state index in [4.69, 9.17) is 16.7 Å². The van der Waals surface area contributed by atoms with Crippen LogP contribution in [0.1, 0.15) is 0 Å². The van der Waals surface area contributed by atoms with Crippen LogP contribution in [-0.2, 0) is 0 Å². The first-order valence-electron chi connectivity index (χ1n) is 9.42. The number of hydrogen-bond acceptors (Lipinski definition) is 4. The highest BCUT2D eigenvalue weighted by Crippen LogP contribution is 2.39. The number of nitrogens with zero attached hydrogens (tertiary/aromatic N) is 4. The van der Waals surface area contributed by atoms with Gasteiger partial charge in [-0.15, -0.1) is 10.2 Å². The van der Waals surface area contributed by atoms with Gasteiger partial charge >= 0.3 is 0 Å². The molecule has 3 aromatic heterocycles. The van der Waals surface area contributed by atoms with Crippen LogP contribution < -0.4 is 0 Å². The molecule has 5 nitrogen and oxygen atoms in total. The molecule has 144 valence electrons. The van der Waals surface area contributed by atoms with Gasteiger partial charge < -0.3 is 4.98 Å². The lowest BCUT2D eigenvalue weighted by molar-refractivity contribution is 0.965. The van der Waals surface area contributed by atoms with Crippen molar-refractivity contribution in [3.63, 3.8) is 0 Å². The lowest BCUT2D eigenvalue weighted by Gasteiger charge is -2.03. The number of nitrogens with one attached hydrogen (secondary N) is 1. The molecule has 0 saturated heterocycles. The van der Waals surface area contributed by atoms with Crippen molar-refractivity contribution in [3.8, 4) is 33.2 Å². The summed E-state index contributed by atoms with van der Waals surface area (Å²) in [5.74, 6) is 0.676. The van der Waals surface area contributed by atoms with Crippen molar-refractivity contribution in [1.29, 1.82) is 0 Å². The average molecular weight is 428 g/mol. The highest BCUT2D eigenvalue weighted by molar-refractivity contribution is 7.19. The zero-order valence-corrected chi connectivity index (χ0v) is 17.2. The maximum absolute atomic E-state index is 6.32. The Morgan fingerprint density at radius 3 is 2.33 bits per heavy atom. The van der Waals surface area contributed by atoms with E-state index in [-0.39, 0.29) is 0 Å². The van der Waals surface area contributed by atoms with Gasteiger partial charge in [0, 0.05) is 27.1 Å². The maximum Gasteiger partial charge on any atom is 0.235 e. The number of fused-ring (bicyclic) bond motifs is 2. The highest BCUT2D eigenvalue weighted by Gasteiger charge is 2.21. The minimum Gasteiger partial charge on any atom is -0.351 e. The smallest absolute Gasteiger partial charge is 0.235 e. The number of hydrogen-bond donors (Lipinski definition) is 1. The van der Waals surface area contributed by atoms with Crippen LogP contribution in [0, 0.1) is 0 Å². The number of halogens is 1. The standard InChI is InChI=1S/C23H14ClN5S/c24-16-11-12-18-17(13-16)19(14-7-3-1-4-8-14)20(25-18)21-26-27-23-29(21)28-22(30-23)15-9-5-2-6-10-15/h1-13,25H. The van der Waals surface area contributed by atoms with Crippen LogP contribution in [0.2, 0.25) is 5.02 Å². The normalized spacial score (nSPS) is 11.5. The molecular formula is C23H14ClN5S. The number of H-pyrrole nitrogens is 1. The molecule has 30 heavy (non-hydrogen) atoms. The van der Waals surface area contributed by atoms with Crippen LogP contribution in [0.3, 0.4) is 0 Å². The van der Waals surface area contributed by atoms with E-state index in [9.17, 15) is 0 Å². The zero-order valence-electron chi connectivity index (χ0n) is 15.6. The molecule has 0 aliphatic heterocycles. The van der Waals surface area contributed by atoms with Crippen LogP contribution in [0.5, 0.6) is 0 Å². The molecular weight excluding hydrogens is 414 g/mol. The molecule has 0 amide bonds. The quantitative estimate of drug-likeness (QED) is 0.359. The largest absolute Gasteiger partial charge is 0.351 e. The van der Waals surface area contributed by atoms with Gasteiger partial charge in [-0.25, -0.2) is 0 Å². The van der Waals surface area contributed by atoms with Crippen molar-refractivity contribution >= 4 is 38.8 Å². The Hall–Kier alpha value is -3.48. The Bertz CT molecular complexity index is 1500. The number of rotatable bonds is 3. The molecule has 1 N–H and O–H groups in total. The van der Waals surface area contributed by atoms with Gasteiger partial charge in [-0.1, -0.05) is 83.6 Å². The second-order valence-electron chi connectivity index (χ2n) is 6.92. The van der Waals surface area contributed by atoms with Gasteiger partial charge in [0.05, 0.1) is 5.69 Å². The van der Waals surface area contributed by atoms with Crippen molar-refractivity contribution in [2.45, 2.75) is 0 Å². The van der Waals surface area contributed by atoms with E-state index in [1.807, 2.05) is 71.2 Å². The minimum absolute atomic E-state index is 0.676. The van der Waals surface area contributed by atoms with Gasteiger partial charge in [0.25, 0.3) is 0 Å². The lowest BCUT2D eigenvalue weighted by atomic mass is 10.0. The first-order chi connectivity index (χ1) is 14.8. The summed E-state index contributed by atoms with van der Waals surface area (Å²) in [5.41, 5.74) is 5.04. The Balaban J connectivity index is 1.62. The zero-order chi connectivity index (χ0) is 20.1.